The molecule has 22 heavy (non-hydrogen) atoms. The molecule has 0 spiro atoms. The van der Waals surface area contributed by atoms with Gasteiger partial charge in [0.25, 0.3) is 0 Å². The molecule has 0 bridgehead atoms. The average molecular weight is 359 g/mol. The number of benzene rings is 1. The largest absolute Gasteiger partial charge is 0.142 e. The van der Waals surface area contributed by atoms with Crippen molar-refractivity contribution in [3.05, 3.63) is 96.5 Å². The molecule has 0 atom stereocenters. The fraction of sp³-hybridized carbons (Fsp3) is 0. The number of allylic oxidation sites excluding steroid dienone is 8. The van der Waals surface area contributed by atoms with Crippen LogP contribution in [0.3, 0.4) is 0 Å². The van der Waals surface area contributed by atoms with Crippen LogP contribution in [0.1, 0.15) is 5.56 Å². The predicted octanol–water partition coefficient (Wildman–Crippen LogP) is 5.65. The van der Waals surface area contributed by atoms with Crippen LogP contribution in [0.5, 0.6) is 0 Å². The van der Waals surface area contributed by atoms with Gasteiger partial charge in [-0.05, 0) is 16.7 Å². The standard InChI is InChI=1S/C18H14S4/c19-15-14(16(20)18(22)17(15)21)13-8-4-7-12(13)10-9-11-5-2-1-3-6-11/h1-10,19-22H. The van der Waals surface area contributed by atoms with Gasteiger partial charge in [-0.1, -0.05) is 60.7 Å². The molecule has 1 aromatic carbocycles. The summed E-state index contributed by atoms with van der Waals surface area (Å²) in [6.45, 7) is 0. The second-order valence-electron chi connectivity index (χ2n) is 4.91. The normalized spacial score (nSPS) is 18.3. The van der Waals surface area contributed by atoms with Gasteiger partial charge in [-0.3, -0.25) is 0 Å². The highest BCUT2D eigenvalue weighted by Crippen LogP contribution is 2.47. The Bertz CT molecular complexity index is 777. The third kappa shape index (κ3) is 2.93. The summed E-state index contributed by atoms with van der Waals surface area (Å²) in [5, 5.41) is 0. The van der Waals surface area contributed by atoms with Gasteiger partial charge in [0, 0.05) is 25.2 Å². The second kappa shape index (κ2) is 6.67. The van der Waals surface area contributed by atoms with Gasteiger partial charge in [-0.2, -0.15) is 0 Å². The van der Waals surface area contributed by atoms with E-state index in [2.05, 4.69) is 87.0 Å². The van der Waals surface area contributed by atoms with E-state index >= 15 is 0 Å². The van der Waals surface area contributed by atoms with Crippen molar-refractivity contribution >= 4 is 56.6 Å². The lowest BCUT2D eigenvalue weighted by Gasteiger charge is -2.08. The maximum absolute atomic E-state index is 4.58. The molecule has 0 fully saturated rings. The van der Waals surface area contributed by atoms with Crippen LogP contribution < -0.4 is 0 Å². The summed E-state index contributed by atoms with van der Waals surface area (Å²) in [6.07, 6.45) is 10.4. The minimum Gasteiger partial charge on any atom is -0.142 e. The quantitative estimate of drug-likeness (QED) is 0.483. The number of rotatable bonds is 2. The Kier molecular flexibility index (Phi) is 4.83. The second-order valence-corrected chi connectivity index (χ2v) is 6.70. The molecule has 3 rings (SSSR count). The number of thiol groups is 4. The Morgan fingerprint density at radius 1 is 0.727 bits per heavy atom. The van der Waals surface area contributed by atoms with E-state index < -0.39 is 0 Å². The maximum Gasteiger partial charge on any atom is 0.0326 e. The van der Waals surface area contributed by atoms with Crippen LogP contribution in [0, 0.1) is 0 Å². The molecule has 0 saturated heterocycles. The lowest BCUT2D eigenvalue weighted by atomic mass is 10.0. The zero-order valence-electron chi connectivity index (χ0n) is 11.6. The van der Waals surface area contributed by atoms with E-state index in [-0.39, 0.29) is 0 Å². The monoisotopic (exact) mass is 358 g/mol. The van der Waals surface area contributed by atoms with Gasteiger partial charge >= 0.3 is 0 Å². The van der Waals surface area contributed by atoms with Gasteiger partial charge in [0.05, 0.1) is 0 Å². The van der Waals surface area contributed by atoms with Gasteiger partial charge < -0.3 is 0 Å². The summed E-state index contributed by atoms with van der Waals surface area (Å²) in [5.74, 6) is 0. The molecule has 0 radical (unpaired) electrons. The molecule has 0 aromatic heterocycles. The van der Waals surface area contributed by atoms with Crippen molar-refractivity contribution in [1.82, 2.24) is 0 Å². The first-order valence-corrected chi connectivity index (χ1v) is 8.50. The zero-order chi connectivity index (χ0) is 15.7. The average Bonchev–Trinajstić information content (AvgIpc) is 3.06. The molecular formula is C18H14S4. The fourth-order valence-corrected chi connectivity index (χ4v) is 3.79. The van der Waals surface area contributed by atoms with E-state index in [0.29, 0.717) is 0 Å². The summed E-state index contributed by atoms with van der Waals surface area (Å²) >= 11 is 18.1. The molecule has 0 heterocycles. The first-order valence-electron chi connectivity index (χ1n) is 6.71. The van der Waals surface area contributed by atoms with Gasteiger partial charge in [-0.15, -0.1) is 50.5 Å². The highest BCUT2D eigenvalue weighted by molar-refractivity contribution is 7.94. The first kappa shape index (κ1) is 15.9. The minimum absolute atomic E-state index is 0.769. The van der Waals surface area contributed by atoms with E-state index in [4.69, 9.17) is 0 Å². The van der Waals surface area contributed by atoms with Gasteiger partial charge in [0.15, 0.2) is 0 Å². The molecule has 0 nitrogen and oxygen atoms in total. The van der Waals surface area contributed by atoms with Crippen LogP contribution >= 0.6 is 50.5 Å². The molecule has 0 amide bonds. The Morgan fingerprint density at radius 2 is 1.36 bits per heavy atom. The molecule has 0 N–H and O–H groups in total. The lowest BCUT2D eigenvalue weighted by Crippen LogP contribution is -1.89. The highest BCUT2D eigenvalue weighted by Gasteiger charge is 2.25. The third-order valence-corrected chi connectivity index (χ3v) is 5.84. The van der Waals surface area contributed by atoms with E-state index in [1.54, 1.807) is 0 Å². The topological polar surface area (TPSA) is 0 Å². The smallest absolute Gasteiger partial charge is 0.0326 e. The van der Waals surface area contributed by atoms with Gasteiger partial charge in [0.1, 0.15) is 0 Å². The molecule has 2 aliphatic carbocycles. The summed E-state index contributed by atoms with van der Waals surface area (Å²) in [4.78, 5) is 3.18. The van der Waals surface area contributed by atoms with Crippen LogP contribution in [0.15, 0.2) is 91.0 Å². The van der Waals surface area contributed by atoms with Gasteiger partial charge in [-0.25, -0.2) is 0 Å². The lowest BCUT2D eigenvalue weighted by molar-refractivity contribution is 1.52. The number of hydrogen-bond acceptors (Lipinski definition) is 4. The predicted molar refractivity (Wildman–Crippen MR) is 110 cm³/mol. The summed E-state index contributed by atoms with van der Waals surface area (Å²) in [7, 11) is 0. The molecular weight excluding hydrogens is 344 g/mol. The van der Waals surface area contributed by atoms with E-state index in [1.807, 2.05) is 24.3 Å². The summed E-state index contributed by atoms with van der Waals surface area (Å²) in [5.41, 5.74) is 4.37. The van der Waals surface area contributed by atoms with Gasteiger partial charge in [0.2, 0.25) is 0 Å². The van der Waals surface area contributed by atoms with Crippen LogP contribution in [0.2, 0.25) is 0 Å². The Morgan fingerprint density at radius 3 is 2.00 bits per heavy atom. The van der Waals surface area contributed by atoms with Crippen molar-refractivity contribution < 1.29 is 0 Å². The van der Waals surface area contributed by atoms with E-state index in [0.717, 1.165) is 36.3 Å². The molecule has 0 saturated carbocycles. The molecule has 0 aliphatic heterocycles. The Hall–Kier alpha value is -0.940. The third-order valence-electron chi connectivity index (χ3n) is 3.52. The van der Waals surface area contributed by atoms with Crippen LogP contribution in [-0.2, 0) is 0 Å². The molecule has 2 aliphatic rings. The van der Waals surface area contributed by atoms with Crippen molar-refractivity contribution in [1.29, 1.82) is 0 Å². The summed E-state index contributed by atoms with van der Waals surface area (Å²) in [6, 6.07) is 10.2. The van der Waals surface area contributed by atoms with Crippen molar-refractivity contribution in [2.75, 3.05) is 0 Å². The van der Waals surface area contributed by atoms with E-state index in [9.17, 15) is 0 Å². The maximum atomic E-state index is 4.58. The molecule has 4 heteroatoms. The van der Waals surface area contributed by atoms with Crippen LogP contribution in [-0.4, -0.2) is 0 Å². The van der Waals surface area contributed by atoms with Crippen molar-refractivity contribution in [3.8, 4) is 0 Å². The molecule has 0 unspecified atom stereocenters. The Balaban J connectivity index is 2.00. The van der Waals surface area contributed by atoms with Crippen molar-refractivity contribution in [2.45, 2.75) is 0 Å². The van der Waals surface area contributed by atoms with E-state index in [1.165, 1.54) is 5.56 Å². The SMILES string of the molecule is SC1=C(S)C(=C2C=CC=C2C=Cc2ccccc2)C(S)=C1S. The van der Waals surface area contributed by atoms with Crippen LogP contribution in [0.4, 0.5) is 0 Å². The number of hydrogen-bond donors (Lipinski definition) is 4. The molecule has 1 aromatic rings. The zero-order valence-corrected chi connectivity index (χ0v) is 15.1. The van der Waals surface area contributed by atoms with Crippen molar-refractivity contribution in [3.63, 3.8) is 0 Å². The highest BCUT2D eigenvalue weighted by atomic mass is 32.1. The summed E-state index contributed by atoms with van der Waals surface area (Å²) < 4.78 is 0. The van der Waals surface area contributed by atoms with Crippen molar-refractivity contribution in [2.24, 2.45) is 0 Å². The Labute approximate surface area is 152 Å². The minimum atomic E-state index is 0.769. The first-order chi connectivity index (χ1) is 10.6. The fourth-order valence-electron chi connectivity index (χ4n) is 2.39. The van der Waals surface area contributed by atoms with Crippen LogP contribution in [0.25, 0.3) is 6.08 Å². The molecule has 110 valence electrons.